The second-order valence-corrected chi connectivity index (χ2v) is 8.77. The number of aromatic amines is 1. The van der Waals surface area contributed by atoms with Gasteiger partial charge in [0.15, 0.2) is 0 Å². The minimum absolute atomic E-state index is 0.0136. The predicted octanol–water partition coefficient (Wildman–Crippen LogP) is 5.06. The molecule has 3 aromatic rings. The molecule has 0 aliphatic carbocycles. The van der Waals surface area contributed by atoms with E-state index < -0.39 is 23.6 Å². The maximum Gasteiger partial charge on any atom is 0.328 e. The Balaban J connectivity index is 1.71. The maximum atomic E-state index is 15.6. The third kappa shape index (κ3) is 3.85. The monoisotopic (exact) mass is 452 g/mol. The van der Waals surface area contributed by atoms with E-state index >= 15 is 8.78 Å². The normalized spacial score (nSPS) is 23.4. The fraction of sp³-hybridized carbons (Fsp3) is 0.346. The molecule has 3 heterocycles. The van der Waals surface area contributed by atoms with Crippen LogP contribution in [0.4, 0.5) is 8.78 Å². The number of carboxylic acids is 1. The third-order valence-corrected chi connectivity index (χ3v) is 6.87. The third-order valence-electron chi connectivity index (χ3n) is 6.87. The lowest BCUT2D eigenvalue weighted by Crippen LogP contribution is -2.50. The molecule has 0 amide bonds. The smallest absolute Gasteiger partial charge is 0.328 e. The van der Waals surface area contributed by atoms with Gasteiger partial charge in [-0.1, -0.05) is 25.1 Å². The summed E-state index contributed by atoms with van der Waals surface area (Å²) in [7, 11) is 0. The summed E-state index contributed by atoms with van der Waals surface area (Å²) in [6.45, 7) is 3.27. The first-order valence-corrected chi connectivity index (χ1v) is 11.3. The van der Waals surface area contributed by atoms with Gasteiger partial charge in [0, 0.05) is 46.9 Å². The second kappa shape index (κ2) is 8.72. The minimum atomic E-state index is -1.17. The number of para-hydroxylation sites is 1. The van der Waals surface area contributed by atoms with Crippen molar-refractivity contribution < 1.29 is 23.4 Å². The van der Waals surface area contributed by atoms with Gasteiger partial charge in [-0.15, -0.1) is 0 Å². The molecule has 172 valence electrons. The van der Waals surface area contributed by atoms with Crippen LogP contribution in [0.2, 0.25) is 0 Å². The van der Waals surface area contributed by atoms with Crippen LogP contribution < -0.4 is 0 Å². The number of nitrogens with zero attached hydrogens (tertiary/aromatic N) is 1. The molecule has 3 atom stereocenters. The van der Waals surface area contributed by atoms with Crippen LogP contribution in [0.1, 0.15) is 48.2 Å². The van der Waals surface area contributed by atoms with Crippen molar-refractivity contribution in [2.24, 2.45) is 0 Å². The quantitative estimate of drug-likeness (QED) is 0.531. The van der Waals surface area contributed by atoms with Crippen molar-refractivity contribution in [2.75, 3.05) is 13.2 Å². The van der Waals surface area contributed by atoms with Gasteiger partial charge in [0.25, 0.3) is 0 Å². The Morgan fingerprint density at radius 3 is 2.70 bits per heavy atom. The molecule has 1 saturated heterocycles. The Kier molecular flexibility index (Phi) is 5.76. The molecule has 0 saturated carbocycles. The molecule has 0 radical (unpaired) electrons. The fourth-order valence-corrected chi connectivity index (χ4v) is 5.42. The van der Waals surface area contributed by atoms with E-state index in [2.05, 4.69) is 22.9 Å². The fourth-order valence-electron chi connectivity index (χ4n) is 5.42. The molecule has 0 bridgehead atoms. The van der Waals surface area contributed by atoms with E-state index in [4.69, 9.17) is 9.84 Å². The van der Waals surface area contributed by atoms with Crippen LogP contribution in [-0.4, -0.2) is 46.3 Å². The molecule has 0 spiro atoms. The summed E-state index contributed by atoms with van der Waals surface area (Å²) >= 11 is 0. The Hall–Kier alpha value is -3.03. The van der Waals surface area contributed by atoms with Crippen molar-refractivity contribution in [2.45, 2.75) is 44.3 Å². The van der Waals surface area contributed by atoms with Gasteiger partial charge < -0.3 is 14.8 Å². The van der Waals surface area contributed by atoms with Crippen molar-refractivity contribution in [1.82, 2.24) is 9.88 Å². The van der Waals surface area contributed by atoms with E-state index in [9.17, 15) is 4.79 Å². The zero-order chi connectivity index (χ0) is 23.1. The standard InChI is InChI=1S/C26H26F2N2O3/c1-2-16-13-19-18-5-3-4-6-22(18)29-25(19)26(30(16)17-9-10-33-14-17)24-20(27)11-15(12-21(24)28)7-8-23(31)32/h3-8,11-12,16-17,26,29H,2,9-10,13-14H2,1H3,(H,31,32)/b8-7+/t16-,17+,26-/m1/s1. The van der Waals surface area contributed by atoms with E-state index in [1.54, 1.807) is 0 Å². The number of aliphatic carboxylic acids is 1. The number of aromatic nitrogens is 1. The molecule has 0 unspecified atom stereocenters. The van der Waals surface area contributed by atoms with Gasteiger partial charge in [-0.2, -0.15) is 0 Å². The summed E-state index contributed by atoms with van der Waals surface area (Å²) in [4.78, 5) is 16.5. The summed E-state index contributed by atoms with van der Waals surface area (Å²) < 4.78 is 36.8. The number of nitrogens with one attached hydrogen (secondary N) is 1. The lowest BCUT2D eigenvalue weighted by molar-refractivity contribution is -0.131. The summed E-state index contributed by atoms with van der Waals surface area (Å²) in [5.74, 6) is -2.54. The van der Waals surface area contributed by atoms with Gasteiger partial charge in [-0.3, -0.25) is 4.90 Å². The number of halogens is 2. The van der Waals surface area contributed by atoms with E-state index in [-0.39, 0.29) is 23.2 Å². The number of H-pyrrole nitrogens is 1. The highest BCUT2D eigenvalue weighted by atomic mass is 19.1. The summed E-state index contributed by atoms with van der Waals surface area (Å²) in [6.07, 6.45) is 4.52. The molecule has 2 aromatic carbocycles. The summed E-state index contributed by atoms with van der Waals surface area (Å²) in [5, 5.41) is 9.95. The van der Waals surface area contributed by atoms with Crippen molar-refractivity contribution >= 4 is 22.9 Å². The highest BCUT2D eigenvalue weighted by Crippen LogP contribution is 2.45. The number of carbonyl (C=O) groups is 1. The first-order chi connectivity index (χ1) is 16.0. The lowest BCUT2D eigenvalue weighted by atomic mass is 9.85. The van der Waals surface area contributed by atoms with Crippen LogP contribution >= 0.6 is 0 Å². The topological polar surface area (TPSA) is 65.6 Å². The largest absolute Gasteiger partial charge is 0.478 e. The molecular weight excluding hydrogens is 426 g/mol. The van der Waals surface area contributed by atoms with E-state index in [0.29, 0.717) is 13.2 Å². The number of hydrogen-bond acceptors (Lipinski definition) is 3. The highest BCUT2D eigenvalue weighted by Gasteiger charge is 2.43. The van der Waals surface area contributed by atoms with Crippen LogP contribution in [0.3, 0.4) is 0 Å². The van der Waals surface area contributed by atoms with Crippen LogP contribution in [0.25, 0.3) is 17.0 Å². The average Bonchev–Trinajstić information content (AvgIpc) is 3.44. The highest BCUT2D eigenvalue weighted by molar-refractivity contribution is 5.86. The molecule has 1 fully saturated rings. The Morgan fingerprint density at radius 2 is 2.03 bits per heavy atom. The first kappa shape index (κ1) is 21.8. The van der Waals surface area contributed by atoms with Gasteiger partial charge in [-0.05, 0) is 54.7 Å². The molecule has 1 aromatic heterocycles. The number of benzene rings is 2. The van der Waals surface area contributed by atoms with E-state index in [1.807, 2.05) is 18.2 Å². The summed E-state index contributed by atoms with van der Waals surface area (Å²) in [5.41, 5.74) is 3.03. The van der Waals surface area contributed by atoms with Crippen LogP contribution in [0.5, 0.6) is 0 Å². The Labute approximate surface area is 190 Å². The molecule has 2 N–H and O–H groups in total. The molecule has 5 rings (SSSR count). The molecule has 33 heavy (non-hydrogen) atoms. The van der Waals surface area contributed by atoms with Crippen LogP contribution in [0, 0.1) is 11.6 Å². The zero-order valence-corrected chi connectivity index (χ0v) is 18.4. The SMILES string of the molecule is CC[C@@H]1Cc2c([nH]c3ccccc23)[C@@H](c2c(F)cc(/C=C/C(=O)O)cc2F)N1[C@H]1CCOC1. The Morgan fingerprint density at radius 1 is 1.27 bits per heavy atom. The number of rotatable bonds is 5. The van der Waals surface area contributed by atoms with Crippen molar-refractivity contribution in [3.05, 3.63) is 76.5 Å². The van der Waals surface area contributed by atoms with Gasteiger partial charge in [0.2, 0.25) is 0 Å². The zero-order valence-electron chi connectivity index (χ0n) is 18.4. The maximum absolute atomic E-state index is 15.6. The molecule has 2 aliphatic heterocycles. The minimum Gasteiger partial charge on any atom is -0.478 e. The van der Waals surface area contributed by atoms with Crippen molar-refractivity contribution in [3.8, 4) is 0 Å². The van der Waals surface area contributed by atoms with Crippen LogP contribution in [-0.2, 0) is 16.0 Å². The van der Waals surface area contributed by atoms with Gasteiger partial charge >= 0.3 is 5.97 Å². The number of fused-ring (bicyclic) bond motifs is 3. The number of carboxylic acid groups (broad SMARTS) is 1. The van der Waals surface area contributed by atoms with Gasteiger partial charge in [-0.25, -0.2) is 13.6 Å². The molecular formula is C26H26F2N2O3. The molecule has 7 heteroatoms. The lowest BCUT2D eigenvalue weighted by Gasteiger charge is -2.45. The second-order valence-electron chi connectivity index (χ2n) is 8.77. The van der Waals surface area contributed by atoms with Gasteiger partial charge in [0.05, 0.1) is 12.6 Å². The molecule has 2 aliphatic rings. The Bertz CT molecular complexity index is 1210. The van der Waals surface area contributed by atoms with E-state index in [0.717, 1.165) is 47.5 Å². The molecule has 5 nitrogen and oxygen atoms in total. The van der Waals surface area contributed by atoms with Crippen molar-refractivity contribution in [1.29, 1.82) is 0 Å². The van der Waals surface area contributed by atoms with Gasteiger partial charge in [0.1, 0.15) is 11.6 Å². The van der Waals surface area contributed by atoms with Crippen LogP contribution in [0.15, 0.2) is 42.5 Å². The summed E-state index contributed by atoms with van der Waals surface area (Å²) in [6, 6.07) is 9.92. The number of hydrogen-bond donors (Lipinski definition) is 2. The predicted molar refractivity (Wildman–Crippen MR) is 122 cm³/mol. The number of ether oxygens (including phenoxy) is 1. The first-order valence-electron chi connectivity index (χ1n) is 11.3. The van der Waals surface area contributed by atoms with Crippen molar-refractivity contribution in [3.63, 3.8) is 0 Å². The van der Waals surface area contributed by atoms with E-state index in [1.165, 1.54) is 18.2 Å². The average molecular weight is 453 g/mol.